The summed E-state index contributed by atoms with van der Waals surface area (Å²) in [6.45, 7) is 3.73. The van der Waals surface area contributed by atoms with E-state index in [1.165, 1.54) is 19.1 Å². The Kier molecular flexibility index (Phi) is 4.52. The van der Waals surface area contributed by atoms with E-state index in [1.807, 2.05) is 6.92 Å². The Morgan fingerprint density at radius 3 is 2.70 bits per heavy atom. The number of benzene rings is 1. The lowest BCUT2D eigenvalue weighted by Gasteiger charge is -2.07. The van der Waals surface area contributed by atoms with Gasteiger partial charge in [0.15, 0.2) is 0 Å². The Balaban J connectivity index is 2.02. The third-order valence-electron chi connectivity index (χ3n) is 2.77. The van der Waals surface area contributed by atoms with Gasteiger partial charge in [-0.2, -0.15) is 0 Å². The molecule has 0 saturated heterocycles. The molecule has 7 heteroatoms. The molecule has 2 aromatic rings. The Morgan fingerprint density at radius 2 is 2.10 bits per heavy atom. The highest BCUT2D eigenvalue weighted by molar-refractivity contribution is 7.89. The molecule has 20 heavy (non-hydrogen) atoms. The van der Waals surface area contributed by atoms with Crippen molar-refractivity contribution in [3.05, 3.63) is 45.7 Å². The molecule has 0 spiro atoms. The molecule has 0 unspecified atom stereocenters. The van der Waals surface area contributed by atoms with E-state index in [2.05, 4.69) is 9.71 Å². The van der Waals surface area contributed by atoms with Gasteiger partial charge in [-0.05, 0) is 44.0 Å². The van der Waals surface area contributed by atoms with Crippen LogP contribution in [0, 0.1) is 19.7 Å². The fourth-order valence-electron chi connectivity index (χ4n) is 1.70. The second kappa shape index (κ2) is 5.99. The molecule has 0 radical (unpaired) electrons. The molecule has 0 atom stereocenters. The van der Waals surface area contributed by atoms with Crippen molar-refractivity contribution in [2.24, 2.45) is 0 Å². The smallest absolute Gasteiger partial charge is 0.240 e. The van der Waals surface area contributed by atoms with E-state index in [0.717, 1.165) is 16.0 Å². The molecule has 4 nitrogen and oxygen atoms in total. The zero-order valence-electron chi connectivity index (χ0n) is 11.2. The molecule has 1 N–H and O–H groups in total. The van der Waals surface area contributed by atoms with Crippen molar-refractivity contribution in [1.82, 2.24) is 9.71 Å². The van der Waals surface area contributed by atoms with Gasteiger partial charge in [-0.25, -0.2) is 22.5 Å². The highest BCUT2D eigenvalue weighted by atomic mass is 32.2. The number of thiazole rings is 1. The second-order valence-electron chi connectivity index (χ2n) is 4.40. The maximum absolute atomic E-state index is 13.1. The summed E-state index contributed by atoms with van der Waals surface area (Å²) in [7, 11) is -3.60. The number of hydrogen-bond donors (Lipinski definition) is 1. The molecule has 0 amide bonds. The normalized spacial score (nSPS) is 11.8. The summed E-state index contributed by atoms with van der Waals surface area (Å²) >= 11 is 1.54. The van der Waals surface area contributed by atoms with Crippen LogP contribution < -0.4 is 4.72 Å². The Hall–Kier alpha value is -1.31. The maximum atomic E-state index is 13.1. The first kappa shape index (κ1) is 15.1. The molecule has 0 aliphatic heterocycles. The van der Waals surface area contributed by atoms with Crippen LogP contribution in [-0.4, -0.2) is 19.9 Å². The molecule has 1 heterocycles. The van der Waals surface area contributed by atoms with Crippen molar-refractivity contribution in [3.8, 4) is 0 Å². The standard InChI is InChI=1S/C13H15FN2O2S2/c1-9-7-12(3-4-13(9)14)20(17,18)16-6-5-11-8-15-10(2)19-11/h3-4,7-8,16H,5-6H2,1-2H3. The van der Waals surface area contributed by atoms with Gasteiger partial charge in [0.05, 0.1) is 9.90 Å². The average Bonchev–Trinajstić information content (AvgIpc) is 2.78. The predicted octanol–water partition coefficient (Wildman–Crippen LogP) is 2.42. The van der Waals surface area contributed by atoms with Gasteiger partial charge in [0.25, 0.3) is 0 Å². The largest absolute Gasteiger partial charge is 0.250 e. The highest BCUT2D eigenvalue weighted by Gasteiger charge is 2.14. The van der Waals surface area contributed by atoms with Gasteiger partial charge in [-0.3, -0.25) is 0 Å². The molecular formula is C13H15FN2O2S2. The van der Waals surface area contributed by atoms with Gasteiger partial charge in [0, 0.05) is 17.6 Å². The van der Waals surface area contributed by atoms with Crippen LogP contribution in [0.25, 0.3) is 0 Å². The number of rotatable bonds is 5. The predicted molar refractivity (Wildman–Crippen MR) is 76.9 cm³/mol. The number of sulfonamides is 1. The maximum Gasteiger partial charge on any atom is 0.240 e. The van der Waals surface area contributed by atoms with E-state index in [-0.39, 0.29) is 4.90 Å². The van der Waals surface area contributed by atoms with Crippen LogP contribution in [0.3, 0.4) is 0 Å². The summed E-state index contributed by atoms with van der Waals surface area (Å²) in [5.41, 5.74) is 0.311. The van der Waals surface area contributed by atoms with Crippen LogP contribution in [0.1, 0.15) is 15.4 Å². The van der Waals surface area contributed by atoms with Crippen molar-refractivity contribution >= 4 is 21.4 Å². The number of hydrogen-bond acceptors (Lipinski definition) is 4. The SMILES string of the molecule is Cc1ncc(CCNS(=O)(=O)c2ccc(F)c(C)c2)s1. The van der Waals surface area contributed by atoms with Gasteiger partial charge in [-0.15, -0.1) is 11.3 Å². The number of halogens is 1. The minimum atomic E-state index is -3.60. The van der Waals surface area contributed by atoms with Crippen LogP contribution in [-0.2, 0) is 16.4 Å². The Labute approximate surface area is 121 Å². The minimum absolute atomic E-state index is 0.0804. The first-order valence-corrected chi connectivity index (χ1v) is 8.35. The van der Waals surface area contributed by atoms with Gasteiger partial charge in [0.2, 0.25) is 10.0 Å². The third-order valence-corrected chi connectivity index (χ3v) is 5.20. The highest BCUT2D eigenvalue weighted by Crippen LogP contribution is 2.15. The number of aryl methyl sites for hydroxylation is 2. The molecule has 108 valence electrons. The average molecular weight is 314 g/mol. The molecule has 0 saturated carbocycles. The first-order valence-electron chi connectivity index (χ1n) is 6.05. The summed E-state index contributed by atoms with van der Waals surface area (Å²) in [4.78, 5) is 5.22. The number of nitrogens with zero attached hydrogens (tertiary/aromatic N) is 1. The van der Waals surface area contributed by atoms with Gasteiger partial charge < -0.3 is 0 Å². The van der Waals surface area contributed by atoms with E-state index in [9.17, 15) is 12.8 Å². The van der Waals surface area contributed by atoms with Crippen molar-refractivity contribution < 1.29 is 12.8 Å². The number of nitrogens with one attached hydrogen (secondary N) is 1. The van der Waals surface area contributed by atoms with Crippen molar-refractivity contribution in [3.63, 3.8) is 0 Å². The van der Waals surface area contributed by atoms with Crippen molar-refractivity contribution in [1.29, 1.82) is 0 Å². The molecule has 2 rings (SSSR count). The topological polar surface area (TPSA) is 59.1 Å². The lowest BCUT2D eigenvalue weighted by atomic mass is 10.2. The molecular weight excluding hydrogens is 299 g/mol. The van der Waals surface area contributed by atoms with Crippen LogP contribution >= 0.6 is 11.3 Å². The zero-order valence-corrected chi connectivity index (χ0v) is 12.8. The monoisotopic (exact) mass is 314 g/mol. The molecule has 0 fully saturated rings. The quantitative estimate of drug-likeness (QED) is 0.922. The van der Waals surface area contributed by atoms with E-state index in [4.69, 9.17) is 0 Å². The van der Waals surface area contributed by atoms with E-state index in [0.29, 0.717) is 18.5 Å². The van der Waals surface area contributed by atoms with E-state index < -0.39 is 15.8 Å². The first-order chi connectivity index (χ1) is 9.38. The molecule has 1 aromatic carbocycles. The summed E-state index contributed by atoms with van der Waals surface area (Å²) in [5.74, 6) is -0.413. The fourth-order valence-corrected chi connectivity index (χ4v) is 3.61. The molecule has 1 aromatic heterocycles. The fraction of sp³-hybridized carbons (Fsp3) is 0.308. The lowest BCUT2D eigenvalue weighted by molar-refractivity contribution is 0.580. The summed E-state index contributed by atoms with van der Waals surface area (Å²) in [6, 6.07) is 3.76. The molecule has 0 bridgehead atoms. The number of aromatic nitrogens is 1. The van der Waals surface area contributed by atoms with E-state index >= 15 is 0 Å². The Morgan fingerprint density at radius 1 is 1.35 bits per heavy atom. The van der Waals surface area contributed by atoms with Gasteiger partial charge >= 0.3 is 0 Å². The summed E-state index contributed by atoms with van der Waals surface area (Å²) < 4.78 is 39.7. The zero-order chi connectivity index (χ0) is 14.8. The molecule has 0 aliphatic carbocycles. The van der Waals surface area contributed by atoms with Crippen LogP contribution in [0.15, 0.2) is 29.3 Å². The van der Waals surface area contributed by atoms with Crippen LogP contribution in [0.4, 0.5) is 4.39 Å². The van der Waals surface area contributed by atoms with Crippen LogP contribution in [0.5, 0.6) is 0 Å². The van der Waals surface area contributed by atoms with E-state index in [1.54, 1.807) is 17.5 Å². The van der Waals surface area contributed by atoms with Crippen molar-refractivity contribution in [2.45, 2.75) is 25.2 Å². The van der Waals surface area contributed by atoms with Gasteiger partial charge in [-0.1, -0.05) is 0 Å². The Bertz CT molecular complexity index is 711. The third kappa shape index (κ3) is 3.62. The van der Waals surface area contributed by atoms with Crippen molar-refractivity contribution in [2.75, 3.05) is 6.54 Å². The van der Waals surface area contributed by atoms with Crippen LogP contribution in [0.2, 0.25) is 0 Å². The second-order valence-corrected chi connectivity index (χ2v) is 7.49. The summed E-state index contributed by atoms with van der Waals surface area (Å²) in [6.07, 6.45) is 2.33. The minimum Gasteiger partial charge on any atom is -0.250 e. The summed E-state index contributed by atoms with van der Waals surface area (Å²) in [5, 5.41) is 0.956. The lowest BCUT2D eigenvalue weighted by Crippen LogP contribution is -2.26. The molecule has 0 aliphatic rings. The van der Waals surface area contributed by atoms with Gasteiger partial charge in [0.1, 0.15) is 5.82 Å².